The van der Waals surface area contributed by atoms with Gasteiger partial charge in [0.15, 0.2) is 0 Å². The molecule has 4 nitrogen and oxygen atoms in total. The molecule has 1 saturated heterocycles. The van der Waals surface area contributed by atoms with Crippen LogP contribution in [0.1, 0.15) is 36.9 Å². The van der Waals surface area contributed by atoms with Crippen molar-refractivity contribution in [1.82, 2.24) is 15.2 Å². The molecule has 1 aliphatic rings. The molecule has 20 heavy (non-hydrogen) atoms. The van der Waals surface area contributed by atoms with Crippen molar-refractivity contribution >= 4 is 42.1 Å². The largest absolute Gasteiger partial charge is 0.338 e. The van der Waals surface area contributed by atoms with Gasteiger partial charge in [-0.25, -0.2) is 4.98 Å². The van der Waals surface area contributed by atoms with E-state index in [9.17, 15) is 4.79 Å². The van der Waals surface area contributed by atoms with E-state index in [2.05, 4.69) is 10.3 Å². The van der Waals surface area contributed by atoms with Gasteiger partial charge in [0, 0.05) is 12.4 Å². The molecular weight excluding hydrogens is 317 g/mol. The van der Waals surface area contributed by atoms with Crippen LogP contribution in [0.25, 0.3) is 0 Å². The zero-order chi connectivity index (χ0) is 13.2. The summed E-state index contributed by atoms with van der Waals surface area (Å²) in [5.74, 6) is 0.174. The second-order valence-electron chi connectivity index (χ2n) is 5.24. The fourth-order valence-electron chi connectivity index (χ4n) is 2.46. The van der Waals surface area contributed by atoms with E-state index in [4.69, 9.17) is 0 Å². The fourth-order valence-corrected chi connectivity index (χ4v) is 3.06. The number of piperidine rings is 1. The number of thiazole rings is 1. The van der Waals surface area contributed by atoms with Crippen molar-refractivity contribution in [3.8, 4) is 0 Å². The summed E-state index contributed by atoms with van der Waals surface area (Å²) in [5.41, 5.74) is 0.589. The minimum absolute atomic E-state index is 0. The second kappa shape index (κ2) is 8.17. The number of nitrogens with one attached hydrogen (secondary N) is 1. The molecule has 0 aromatic carbocycles. The highest BCUT2D eigenvalue weighted by Crippen LogP contribution is 2.21. The predicted molar refractivity (Wildman–Crippen MR) is 88.1 cm³/mol. The van der Waals surface area contributed by atoms with Crippen LogP contribution in [0.3, 0.4) is 0 Å². The first-order chi connectivity index (χ1) is 8.51. The van der Waals surface area contributed by atoms with Crippen LogP contribution >= 0.6 is 36.2 Å². The molecule has 2 heterocycles. The average molecular weight is 340 g/mol. The Bertz CT molecular complexity index is 433. The van der Waals surface area contributed by atoms with Gasteiger partial charge < -0.3 is 10.2 Å². The van der Waals surface area contributed by atoms with Crippen LogP contribution in [0.4, 0.5) is 0 Å². The summed E-state index contributed by atoms with van der Waals surface area (Å²) in [6.45, 7) is 5.53. The molecule has 0 bridgehead atoms. The lowest BCUT2D eigenvalue weighted by atomic mass is 9.89. The van der Waals surface area contributed by atoms with Crippen molar-refractivity contribution in [1.29, 1.82) is 0 Å². The number of hydrogen-bond acceptors (Lipinski definition) is 4. The molecular formula is C13H23Cl2N3OS. The van der Waals surface area contributed by atoms with Crippen molar-refractivity contribution in [2.75, 3.05) is 13.6 Å². The first kappa shape index (κ1) is 19.6. The van der Waals surface area contributed by atoms with Gasteiger partial charge in [-0.05, 0) is 39.7 Å². The lowest BCUT2D eigenvalue weighted by Gasteiger charge is -2.36. The zero-order valence-corrected chi connectivity index (χ0v) is 14.6. The lowest BCUT2D eigenvalue weighted by Crippen LogP contribution is -2.57. The molecule has 1 atom stereocenters. The van der Waals surface area contributed by atoms with Crippen LogP contribution < -0.4 is 5.32 Å². The van der Waals surface area contributed by atoms with E-state index in [0.717, 1.165) is 36.5 Å². The van der Waals surface area contributed by atoms with Gasteiger partial charge in [-0.3, -0.25) is 4.79 Å². The standard InChI is InChI=1S/C13H21N3OS.2ClH/c1-10-15-11(9-18-10)8-16(3)12(17)13(2)6-4-5-7-14-13;;/h9,14H,4-8H2,1-3H3;2*1H. The second-order valence-corrected chi connectivity index (χ2v) is 6.30. The molecule has 0 radical (unpaired) electrons. The summed E-state index contributed by atoms with van der Waals surface area (Å²) in [6.07, 6.45) is 3.21. The Kier molecular flexibility index (Phi) is 8.03. The van der Waals surface area contributed by atoms with Crippen LogP contribution in [0.2, 0.25) is 0 Å². The number of carbonyl (C=O) groups excluding carboxylic acids is 1. The highest BCUT2D eigenvalue weighted by molar-refractivity contribution is 7.09. The molecule has 1 fully saturated rings. The summed E-state index contributed by atoms with van der Waals surface area (Å²) in [6, 6.07) is 0. The molecule has 1 unspecified atom stereocenters. The van der Waals surface area contributed by atoms with Crippen molar-refractivity contribution in [3.63, 3.8) is 0 Å². The van der Waals surface area contributed by atoms with E-state index in [1.807, 2.05) is 26.3 Å². The van der Waals surface area contributed by atoms with Crippen LogP contribution in [0, 0.1) is 6.92 Å². The van der Waals surface area contributed by atoms with Gasteiger partial charge in [0.05, 0.1) is 22.8 Å². The molecule has 2 rings (SSSR count). The van der Waals surface area contributed by atoms with Gasteiger partial charge in [0.2, 0.25) is 5.91 Å². The third kappa shape index (κ3) is 4.58. The summed E-state index contributed by atoms with van der Waals surface area (Å²) in [5, 5.41) is 6.43. The number of aromatic nitrogens is 1. The highest BCUT2D eigenvalue weighted by Gasteiger charge is 2.36. The number of likely N-dealkylation sites (N-methyl/N-ethyl adjacent to an activating group) is 1. The summed E-state index contributed by atoms with van der Waals surface area (Å²) in [4.78, 5) is 18.7. The summed E-state index contributed by atoms with van der Waals surface area (Å²) < 4.78 is 0. The third-order valence-electron chi connectivity index (χ3n) is 3.50. The maximum atomic E-state index is 12.5. The Morgan fingerprint density at radius 3 is 2.70 bits per heavy atom. The van der Waals surface area contributed by atoms with Gasteiger partial charge in [0.1, 0.15) is 0 Å². The molecule has 1 aromatic heterocycles. The Morgan fingerprint density at radius 2 is 2.20 bits per heavy atom. The van der Waals surface area contributed by atoms with E-state index in [1.54, 1.807) is 16.2 Å². The maximum Gasteiger partial charge on any atom is 0.242 e. The van der Waals surface area contributed by atoms with Crippen molar-refractivity contribution in [2.24, 2.45) is 0 Å². The molecule has 7 heteroatoms. The van der Waals surface area contributed by atoms with Crippen molar-refractivity contribution in [3.05, 3.63) is 16.1 Å². The van der Waals surface area contributed by atoms with E-state index in [-0.39, 0.29) is 30.7 Å². The normalized spacial score (nSPS) is 21.6. The Morgan fingerprint density at radius 1 is 1.50 bits per heavy atom. The number of aryl methyl sites for hydroxylation is 1. The molecule has 1 aliphatic heterocycles. The smallest absolute Gasteiger partial charge is 0.242 e. The average Bonchev–Trinajstić information content (AvgIpc) is 2.74. The van der Waals surface area contributed by atoms with E-state index in [0.29, 0.717) is 6.54 Å². The lowest BCUT2D eigenvalue weighted by molar-refractivity contribution is -0.138. The molecule has 1 N–H and O–H groups in total. The quantitative estimate of drug-likeness (QED) is 0.920. The van der Waals surface area contributed by atoms with Gasteiger partial charge in [-0.2, -0.15) is 0 Å². The molecule has 0 spiro atoms. The Hall–Kier alpha value is -0.360. The minimum Gasteiger partial charge on any atom is -0.338 e. The first-order valence-electron chi connectivity index (χ1n) is 6.43. The molecule has 116 valence electrons. The number of carbonyl (C=O) groups is 1. The van der Waals surface area contributed by atoms with Crippen LogP contribution in [-0.2, 0) is 11.3 Å². The molecule has 0 saturated carbocycles. The molecule has 0 aliphatic carbocycles. The Balaban J connectivity index is 0.00000180. The Labute approximate surface area is 137 Å². The van der Waals surface area contributed by atoms with Crippen LogP contribution in [-0.4, -0.2) is 34.9 Å². The number of hydrogen-bond donors (Lipinski definition) is 1. The molecule has 1 amide bonds. The number of nitrogens with zero attached hydrogens (tertiary/aromatic N) is 2. The highest BCUT2D eigenvalue weighted by atomic mass is 35.5. The number of amides is 1. The predicted octanol–water partition coefficient (Wildman–Crippen LogP) is 2.79. The van der Waals surface area contributed by atoms with E-state index >= 15 is 0 Å². The third-order valence-corrected chi connectivity index (χ3v) is 4.33. The maximum absolute atomic E-state index is 12.5. The van der Waals surface area contributed by atoms with Gasteiger partial charge >= 0.3 is 0 Å². The van der Waals surface area contributed by atoms with Gasteiger partial charge in [0.25, 0.3) is 0 Å². The number of halogens is 2. The van der Waals surface area contributed by atoms with Gasteiger partial charge in [-0.1, -0.05) is 0 Å². The van der Waals surface area contributed by atoms with Crippen molar-refractivity contribution < 1.29 is 4.79 Å². The van der Waals surface area contributed by atoms with Crippen LogP contribution in [0.15, 0.2) is 5.38 Å². The van der Waals surface area contributed by atoms with E-state index in [1.165, 1.54) is 0 Å². The number of rotatable bonds is 3. The van der Waals surface area contributed by atoms with Crippen molar-refractivity contribution in [2.45, 2.75) is 45.2 Å². The monoisotopic (exact) mass is 339 g/mol. The first-order valence-corrected chi connectivity index (χ1v) is 7.31. The molecule has 1 aromatic rings. The summed E-state index contributed by atoms with van der Waals surface area (Å²) >= 11 is 1.63. The topological polar surface area (TPSA) is 45.2 Å². The summed E-state index contributed by atoms with van der Waals surface area (Å²) in [7, 11) is 1.86. The minimum atomic E-state index is -0.391. The zero-order valence-electron chi connectivity index (χ0n) is 12.1. The SMILES string of the molecule is Cc1nc(CN(C)C(=O)C2(C)CCCCN2)cs1.Cl.Cl. The van der Waals surface area contributed by atoms with Crippen LogP contribution in [0.5, 0.6) is 0 Å². The van der Waals surface area contributed by atoms with E-state index < -0.39 is 5.54 Å². The van der Waals surface area contributed by atoms with Gasteiger partial charge in [-0.15, -0.1) is 36.2 Å². The fraction of sp³-hybridized carbons (Fsp3) is 0.692.